The van der Waals surface area contributed by atoms with Crippen molar-refractivity contribution in [1.82, 2.24) is 34.3 Å². The molecule has 2 aromatic carbocycles. The van der Waals surface area contributed by atoms with Crippen LogP contribution in [0.15, 0.2) is 71.1 Å². The zero-order valence-corrected chi connectivity index (χ0v) is 16.4. The second-order valence-electron chi connectivity index (χ2n) is 6.41. The standard InChI is InChI=1S/C20H13F2N7S/c1-12-9-17(29-19(25-12)23-11-24-29)30-20-27-26-18(13-5-3-2-4-6-13)28(20)16-8-7-14(21)10-15(16)22/h2-11H,1H3. The average Bonchev–Trinajstić information content (AvgIpc) is 3.36. The SMILES string of the molecule is Cc1cc(Sc2nnc(-c3ccccc3)n2-c2ccc(F)cc2F)n2ncnc2n1. The largest absolute Gasteiger partial charge is 0.267 e. The molecular weight excluding hydrogens is 408 g/mol. The summed E-state index contributed by atoms with van der Waals surface area (Å²) in [5.74, 6) is -0.497. The number of benzene rings is 2. The number of halogens is 2. The van der Waals surface area contributed by atoms with Gasteiger partial charge in [0.25, 0.3) is 5.78 Å². The minimum absolute atomic E-state index is 0.142. The predicted octanol–water partition coefficient (Wildman–Crippen LogP) is 4.11. The molecule has 0 saturated heterocycles. The van der Waals surface area contributed by atoms with Gasteiger partial charge in [0.05, 0.1) is 5.69 Å². The summed E-state index contributed by atoms with van der Waals surface area (Å²) in [5.41, 5.74) is 1.64. The Morgan fingerprint density at radius 2 is 1.80 bits per heavy atom. The number of aromatic nitrogens is 7. The van der Waals surface area contributed by atoms with Crippen molar-refractivity contribution in [3.63, 3.8) is 0 Å². The molecule has 0 amide bonds. The molecule has 0 spiro atoms. The van der Waals surface area contributed by atoms with Crippen LogP contribution in [0.4, 0.5) is 8.78 Å². The molecule has 30 heavy (non-hydrogen) atoms. The molecule has 0 bridgehead atoms. The van der Waals surface area contributed by atoms with Gasteiger partial charge in [-0.25, -0.2) is 13.8 Å². The van der Waals surface area contributed by atoms with E-state index in [4.69, 9.17) is 0 Å². The van der Waals surface area contributed by atoms with Crippen molar-refractivity contribution >= 4 is 17.5 Å². The molecule has 0 aliphatic rings. The Hall–Kier alpha value is -3.66. The highest BCUT2D eigenvalue weighted by atomic mass is 32.2. The molecule has 0 radical (unpaired) electrons. The fourth-order valence-electron chi connectivity index (χ4n) is 3.05. The van der Waals surface area contributed by atoms with Crippen LogP contribution < -0.4 is 0 Å². The minimum atomic E-state index is -0.717. The molecule has 0 atom stereocenters. The van der Waals surface area contributed by atoms with Crippen molar-refractivity contribution in [2.75, 3.05) is 0 Å². The Labute approximate surface area is 173 Å². The van der Waals surface area contributed by atoms with Gasteiger partial charge in [0.15, 0.2) is 5.82 Å². The molecule has 148 valence electrons. The highest BCUT2D eigenvalue weighted by molar-refractivity contribution is 7.99. The molecule has 0 saturated carbocycles. The van der Waals surface area contributed by atoms with Gasteiger partial charge in [-0.15, -0.1) is 10.2 Å². The van der Waals surface area contributed by atoms with Crippen LogP contribution in [0.2, 0.25) is 0 Å². The highest BCUT2D eigenvalue weighted by Gasteiger charge is 2.21. The summed E-state index contributed by atoms with van der Waals surface area (Å²) in [5, 5.41) is 13.8. The maximum Gasteiger partial charge on any atom is 0.253 e. The fraction of sp³-hybridized carbons (Fsp3) is 0.0500. The lowest BCUT2D eigenvalue weighted by Crippen LogP contribution is -2.04. The van der Waals surface area contributed by atoms with Gasteiger partial charge in [-0.1, -0.05) is 30.3 Å². The van der Waals surface area contributed by atoms with Crippen molar-refractivity contribution in [1.29, 1.82) is 0 Å². The monoisotopic (exact) mass is 421 g/mol. The molecule has 0 aliphatic heterocycles. The minimum Gasteiger partial charge on any atom is -0.267 e. The number of nitrogens with zero attached hydrogens (tertiary/aromatic N) is 7. The Morgan fingerprint density at radius 1 is 0.967 bits per heavy atom. The van der Waals surface area contributed by atoms with Crippen molar-refractivity contribution in [2.24, 2.45) is 0 Å². The zero-order valence-electron chi connectivity index (χ0n) is 15.6. The first-order chi connectivity index (χ1) is 14.6. The first-order valence-electron chi connectivity index (χ1n) is 8.91. The molecule has 3 heterocycles. The molecule has 0 fully saturated rings. The Kier molecular flexibility index (Phi) is 4.47. The van der Waals surface area contributed by atoms with E-state index in [9.17, 15) is 8.78 Å². The number of aryl methyl sites for hydroxylation is 1. The summed E-state index contributed by atoms with van der Waals surface area (Å²) in [4.78, 5) is 8.45. The van der Waals surface area contributed by atoms with E-state index in [-0.39, 0.29) is 5.69 Å². The lowest BCUT2D eigenvalue weighted by molar-refractivity contribution is 0.575. The van der Waals surface area contributed by atoms with Crippen LogP contribution in [0.1, 0.15) is 5.69 Å². The summed E-state index contributed by atoms with van der Waals surface area (Å²) in [6, 6.07) is 14.5. The second kappa shape index (κ2) is 7.30. The zero-order chi connectivity index (χ0) is 20.7. The maximum atomic E-state index is 14.7. The predicted molar refractivity (Wildman–Crippen MR) is 106 cm³/mol. The van der Waals surface area contributed by atoms with E-state index in [2.05, 4.69) is 25.3 Å². The molecular formula is C20H13F2N7S. The van der Waals surface area contributed by atoms with Gasteiger partial charge in [-0.2, -0.15) is 14.6 Å². The van der Waals surface area contributed by atoms with Crippen LogP contribution in [-0.4, -0.2) is 34.3 Å². The Bertz CT molecular complexity index is 1360. The van der Waals surface area contributed by atoms with Crippen LogP contribution in [0.3, 0.4) is 0 Å². The van der Waals surface area contributed by atoms with Gasteiger partial charge in [0, 0.05) is 17.3 Å². The summed E-state index contributed by atoms with van der Waals surface area (Å²) >= 11 is 1.24. The second-order valence-corrected chi connectivity index (χ2v) is 7.40. The molecule has 5 rings (SSSR count). The third-order valence-corrected chi connectivity index (χ3v) is 5.31. The molecule has 10 heteroatoms. The van der Waals surface area contributed by atoms with Gasteiger partial charge in [-0.05, 0) is 36.9 Å². The van der Waals surface area contributed by atoms with Crippen LogP contribution in [0, 0.1) is 18.6 Å². The fourth-order valence-corrected chi connectivity index (χ4v) is 4.04. The van der Waals surface area contributed by atoms with E-state index in [0.717, 1.165) is 17.3 Å². The van der Waals surface area contributed by atoms with Crippen molar-refractivity contribution in [3.8, 4) is 17.1 Å². The first-order valence-corrected chi connectivity index (χ1v) is 9.73. The van der Waals surface area contributed by atoms with E-state index in [1.54, 1.807) is 9.08 Å². The third-order valence-electron chi connectivity index (χ3n) is 4.36. The van der Waals surface area contributed by atoms with Crippen molar-refractivity contribution in [3.05, 3.63) is 78.3 Å². The van der Waals surface area contributed by atoms with Gasteiger partial charge in [0.2, 0.25) is 5.16 Å². The lowest BCUT2D eigenvalue weighted by Gasteiger charge is -2.12. The van der Waals surface area contributed by atoms with Crippen molar-refractivity contribution in [2.45, 2.75) is 17.1 Å². The van der Waals surface area contributed by atoms with Crippen LogP contribution in [-0.2, 0) is 0 Å². The summed E-state index contributed by atoms with van der Waals surface area (Å²) in [7, 11) is 0. The van der Waals surface area contributed by atoms with E-state index in [0.29, 0.717) is 21.8 Å². The first kappa shape index (κ1) is 18.4. The molecule has 5 aromatic rings. The normalized spacial score (nSPS) is 11.3. The molecule has 7 nitrogen and oxygen atoms in total. The summed E-state index contributed by atoms with van der Waals surface area (Å²) in [6.45, 7) is 1.85. The van der Waals surface area contributed by atoms with E-state index < -0.39 is 11.6 Å². The van der Waals surface area contributed by atoms with Crippen LogP contribution >= 0.6 is 11.8 Å². The van der Waals surface area contributed by atoms with E-state index in [1.807, 2.05) is 43.3 Å². The van der Waals surface area contributed by atoms with E-state index in [1.165, 1.54) is 30.2 Å². The van der Waals surface area contributed by atoms with Gasteiger partial charge in [0.1, 0.15) is 23.0 Å². The highest BCUT2D eigenvalue weighted by Crippen LogP contribution is 2.33. The average molecular weight is 421 g/mol. The smallest absolute Gasteiger partial charge is 0.253 e. The molecule has 0 aliphatic carbocycles. The quantitative estimate of drug-likeness (QED) is 0.407. The van der Waals surface area contributed by atoms with Gasteiger partial charge < -0.3 is 0 Å². The van der Waals surface area contributed by atoms with Gasteiger partial charge >= 0.3 is 0 Å². The summed E-state index contributed by atoms with van der Waals surface area (Å²) in [6.07, 6.45) is 1.41. The Morgan fingerprint density at radius 3 is 2.60 bits per heavy atom. The third kappa shape index (κ3) is 3.20. The molecule has 0 N–H and O–H groups in total. The number of hydrogen-bond acceptors (Lipinski definition) is 6. The maximum absolute atomic E-state index is 14.7. The van der Waals surface area contributed by atoms with Crippen LogP contribution in [0.25, 0.3) is 22.9 Å². The number of fused-ring (bicyclic) bond motifs is 1. The topological polar surface area (TPSA) is 73.8 Å². The van der Waals surface area contributed by atoms with Crippen LogP contribution in [0.5, 0.6) is 0 Å². The molecule has 0 unspecified atom stereocenters. The molecule has 3 aromatic heterocycles. The van der Waals surface area contributed by atoms with Crippen molar-refractivity contribution < 1.29 is 8.78 Å². The van der Waals surface area contributed by atoms with E-state index >= 15 is 0 Å². The number of hydrogen-bond donors (Lipinski definition) is 0. The van der Waals surface area contributed by atoms with Gasteiger partial charge in [-0.3, -0.25) is 4.57 Å². The Balaban J connectivity index is 1.71. The summed E-state index contributed by atoms with van der Waals surface area (Å²) < 4.78 is 31.4. The lowest BCUT2D eigenvalue weighted by atomic mass is 10.2. The number of rotatable bonds is 4.